The van der Waals surface area contributed by atoms with Crippen molar-refractivity contribution in [2.45, 2.75) is 19.3 Å². The van der Waals surface area contributed by atoms with Gasteiger partial charge in [0.05, 0.1) is 0 Å². The van der Waals surface area contributed by atoms with Gasteiger partial charge < -0.3 is 24.8 Å². The summed E-state index contributed by atoms with van der Waals surface area (Å²) in [6, 6.07) is 18.1. The van der Waals surface area contributed by atoms with Gasteiger partial charge in [0.15, 0.2) is 0 Å². The minimum atomic E-state index is 0. The van der Waals surface area contributed by atoms with Crippen LogP contribution in [0.3, 0.4) is 0 Å². The summed E-state index contributed by atoms with van der Waals surface area (Å²) < 4.78 is 0. The van der Waals surface area contributed by atoms with E-state index < -0.39 is 0 Å². The summed E-state index contributed by atoms with van der Waals surface area (Å²) in [5.41, 5.74) is 5.51. The van der Waals surface area contributed by atoms with E-state index >= 15 is 0 Å². The maximum absolute atomic E-state index is 3.30. The van der Waals surface area contributed by atoms with Crippen LogP contribution in [0.4, 0.5) is 0 Å². The van der Waals surface area contributed by atoms with Crippen LogP contribution < -0.4 is 24.8 Å². The van der Waals surface area contributed by atoms with Gasteiger partial charge in [-0.1, -0.05) is 35.4 Å². The van der Waals surface area contributed by atoms with Crippen LogP contribution in [0, 0.1) is 12.5 Å². The second-order valence-corrected chi connectivity index (χ2v) is 4.64. The predicted octanol–water partition coefficient (Wildman–Crippen LogP) is -1.40. The number of halogens is 2. The molecule has 0 nitrogen and oxygen atoms in total. The molecule has 0 N–H and O–H groups in total. The van der Waals surface area contributed by atoms with Crippen LogP contribution in [0.15, 0.2) is 54.6 Å². The van der Waals surface area contributed by atoms with E-state index in [0.29, 0.717) is 0 Å². The molecule has 0 saturated carbocycles. The van der Waals surface area contributed by atoms with E-state index in [2.05, 4.69) is 61.0 Å². The Morgan fingerprint density at radius 3 is 2.38 bits per heavy atom. The Hall–Kier alpha value is -0.487. The average molecular weight is 394 g/mol. The number of benzene rings is 2. The fraction of sp³-hybridized carbons (Fsp3) is 0.167. The first-order valence-electron chi connectivity index (χ1n) is 6.51. The molecule has 0 amide bonds. The fourth-order valence-corrected chi connectivity index (χ4v) is 2.48. The van der Waals surface area contributed by atoms with Crippen LogP contribution in [0.5, 0.6) is 0 Å². The molecule has 0 atom stereocenters. The van der Waals surface area contributed by atoms with Crippen molar-refractivity contribution in [3.63, 3.8) is 0 Å². The monoisotopic (exact) mass is 392 g/mol. The van der Waals surface area contributed by atoms with Crippen molar-refractivity contribution < 1.29 is 51.0 Å². The Bertz CT molecular complexity index is 529. The molecule has 2 aliphatic carbocycles. The molecule has 0 fully saturated rings. The third-order valence-corrected chi connectivity index (χ3v) is 3.39. The molecule has 0 heterocycles. The van der Waals surface area contributed by atoms with Crippen LogP contribution >= 0.6 is 0 Å². The van der Waals surface area contributed by atoms with Crippen molar-refractivity contribution in [1.82, 2.24) is 0 Å². The molecule has 4 rings (SSSR count). The zero-order valence-electron chi connectivity index (χ0n) is 11.7. The fourth-order valence-electron chi connectivity index (χ4n) is 2.48. The molecule has 2 aromatic carbocycles. The van der Waals surface area contributed by atoms with Crippen molar-refractivity contribution in [3.8, 4) is 11.1 Å². The van der Waals surface area contributed by atoms with E-state index in [1.165, 1.54) is 35.1 Å². The normalized spacial score (nSPS) is 12.2. The zero-order chi connectivity index (χ0) is 12.2. The molecule has 2 aliphatic rings. The Labute approximate surface area is 159 Å². The average Bonchev–Trinajstić information content (AvgIpc) is 3.10. The van der Waals surface area contributed by atoms with Gasteiger partial charge in [-0.2, -0.15) is 29.8 Å². The van der Waals surface area contributed by atoms with Crippen molar-refractivity contribution in [1.29, 1.82) is 0 Å². The van der Waals surface area contributed by atoms with Gasteiger partial charge in [-0.3, -0.25) is 0 Å². The summed E-state index contributed by atoms with van der Waals surface area (Å²) in [6.07, 6.45) is 10.0. The Morgan fingerprint density at radius 2 is 1.71 bits per heavy atom. The summed E-state index contributed by atoms with van der Waals surface area (Å²) in [5, 5.41) is 0. The van der Waals surface area contributed by atoms with E-state index in [1.54, 1.807) is 0 Å². The van der Waals surface area contributed by atoms with Crippen molar-refractivity contribution >= 4 is 0 Å². The van der Waals surface area contributed by atoms with E-state index in [0.717, 1.165) is 6.42 Å². The van der Waals surface area contributed by atoms with Gasteiger partial charge in [-0.05, 0) is 6.42 Å². The Balaban J connectivity index is 0.000000437. The topological polar surface area (TPSA) is 0 Å². The molecule has 0 saturated heterocycles. The van der Waals surface area contributed by atoms with Gasteiger partial charge >= 0.3 is 26.2 Å². The largest absolute Gasteiger partial charge is 4.00 e. The Kier molecular flexibility index (Phi) is 10.0. The predicted molar refractivity (Wildman–Crippen MR) is 76.2 cm³/mol. The smallest absolute Gasteiger partial charge is 1.00 e. The second kappa shape index (κ2) is 10.3. The van der Waals surface area contributed by atoms with Gasteiger partial charge in [0, 0.05) is 0 Å². The number of fused-ring (bicyclic) bond motifs is 3. The second-order valence-electron chi connectivity index (χ2n) is 4.64. The van der Waals surface area contributed by atoms with E-state index in [9.17, 15) is 0 Å². The summed E-state index contributed by atoms with van der Waals surface area (Å²) in [5.74, 6) is 0. The molecule has 21 heavy (non-hydrogen) atoms. The minimum absolute atomic E-state index is 0. The van der Waals surface area contributed by atoms with E-state index in [4.69, 9.17) is 0 Å². The molecule has 0 unspecified atom stereocenters. The first kappa shape index (κ1) is 20.5. The number of allylic oxidation sites excluding steroid dienone is 2. The van der Waals surface area contributed by atoms with Gasteiger partial charge in [0.1, 0.15) is 0 Å². The summed E-state index contributed by atoms with van der Waals surface area (Å²) in [4.78, 5) is 0. The first-order chi connectivity index (χ1) is 8.95. The van der Waals surface area contributed by atoms with Gasteiger partial charge in [-0.15, -0.1) is 18.4 Å². The number of hydrogen-bond acceptors (Lipinski definition) is 0. The zero-order valence-corrected chi connectivity index (χ0v) is 15.6. The molecule has 0 radical (unpaired) electrons. The SMILES string of the molecule is C1=CCC[CH-]1.[Cl-].[Cl-].[Zr+4].[c-]1cccc2c1Cc1ccccc1-2. The molecular weight excluding hydrogens is 378 g/mol. The Morgan fingerprint density at radius 1 is 0.952 bits per heavy atom. The molecule has 2 aromatic rings. The van der Waals surface area contributed by atoms with E-state index in [-0.39, 0.29) is 51.0 Å². The summed E-state index contributed by atoms with van der Waals surface area (Å²) in [6.45, 7) is 0. The number of hydrogen-bond donors (Lipinski definition) is 0. The minimum Gasteiger partial charge on any atom is -1.00 e. The molecule has 106 valence electrons. The molecular formula is C18H16Cl2Zr. The summed E-state index contributed by atoms with van der Waals surface area (Å²) >= 11 is 0. The molecule has 0 aliphatic heterocycles. The maximum Gasteiger partial charge on any atom is 4.00 e. The standard InChI is InChI=1S/C13H9.C5H7.2ClH.Zr/c1-3-7-12-10(5-1)9-11-6-2-4-8-13(11)12;1-2-4-5-3-1;;;/h1-5,7-8H,9H2;1-3H,4-5H2;2*1H;/q2*-1;;;+4/p-2. The van der Waals surface area contributed by atoms with Gasteiger partial charge in [0.2, 0.25) is 0 Å². The number of rotatable bonds is 0. The van der Waals surface area contributed by atoms with Gasteiger partial charge in [-0.25, -0.2) is 18.6 Å². The van der Waals surface area contributed by atoms with Crippen LogP contribution in [-0.2, 0) is 32.6 Å². The van der Waals surface area contributed by atoms with Crippen LogP contribution in [0.2, 0.25) is 0 Å². The summed E-state index contributed by atoms with van der Waals surface area (Å²) in [7, 11) is 0. The molecule has 0 aromatic heterocycles. The quantitative estimate of drug-likeness (QED) is 0.412. The van der Waals surface area contributed by atoms with Crippen LogP contribution in [0.1, 0.15) is 24.0 Å². The molecule has 3 heteroatoms. The van der Waals surface area contributed by atoms with Crippen molar-refractivity contribution in [3.05, 3.63) is 78.2 Å². The van der Waals surface area contributed by atoms with E-state index in [1.807, 2.05) is 6.07 Å². The third kappa shape index (κ3) is 5.02. The molecule has 0 bridgehead atoms. The van der Waals surface area contributed by atoms with Crippen LogP contribution in [-0.4, -0.2) is 0 Å². The molecule has 0 spiro atoms. The van der Waals surface area contributed by atoms with Gasteiger partial charge in [0.25, 0.3) is 0 Å². The maximum atomic E-state index is 3.30. The van der Waals surface area contributed by atoms with Crippen LogP contribution in [0.25, 0.3) is 11.1 Å². The van der Waals surface area contributed by atoms with Crippen molar-refractivity contribution in [2.24, 2.45) is 0 Å². The first-order valence-corrected chi connectivity index (χ1v) is 6.51. The van der Waals surface area contributed by atoms with Crippen molar-refractivity contribution in [2.75, 3.05) is 0 Å². The third-order valence-electron chi connectivity index (χ3n) is 3.39.